The lowest BCUT2D eigenvalue weighted by Crippen LogP contribution is -2.48. The van der Waals surface area contributed by atoms with Crippen molar-refractivity contribution in [2.75, 3.05) is 11.9 Å². The molecule has 2 aromatic heterocycles. The van der Waals surface area contributed by atoms with E-state index in [0.717, 1.165) is 6.07 Å². The molecule has 1 aromatic carbocycles. The van der Waals surface area contributed by atoms with Crippen molar-refractivity contribution in [3.05, 3.63) is 83.8 Å². The summed E-state index contributed by atoms with van der Waals surface area (Å²) in [5.41, 5.74) is 5.82. The van der Waals surface area contributed by atoms with Gasteiger partial charge in [-0.05, 0) is 36.8 Å². The fourth-order valence-electron chi connectivity index (χ4n) is 4.57. The third-order valence-electron chi connectivity index (χ3n) is 6.36. The van der Waals surface area contributed by atoms with Crippen LogP contribution in [0.1, 0.15) is 47.5 Å². The van der Waals surface area contributed by atoms with Gasteiger partial charge >= 0.3 is 0 Å². The van der Waals surface area contributed by atoms with Gasteiger partial charge in [-0.15, -0.1) is 0 Å². The van der Waals surface area contributed by atoms with Gasteiger partial charge < -0.3 is 25.6 Å². The van der Waals surface area contributed by atoms with E-state index in [2.05, 4.69) is 21.9 Å². The molecule has 0 aliphatic carbocycles. The summed E-state index contributed by atoms with van der Waals surface area (Å²) in [5, 5.41) is 13.3. The molecule has 4 rings (SSSR count). The van der Waals surface area contributed by atoms with Crippen LogP contribution in [-0.4, -0.2) is 51.8 Å². The van der Waals surface area contributed by atoms with Crippen LogP contribution in [-0.2, 0) is 14.3 Å². The summed E-state index contributed by atoms with van der Waals surface area (Å²) in [6.07, 6.45) is 0.959. The molecule has 1 fully saturated rings. The second-order valence-corrected chi connectivity index (χ2v) is 8.91. The molecular weight excluding hydrogens is 510 g/mol. The van der Waals surface area contributed by atoms with E-state index >= 15 is 0 Å². The molecule has 0 unspecified atom stereocenters. The van der Waals surface area contributed by atoms with E-state index in [1.54, 1.807) is 19.1 Å². The van der Waals surface area contributed by atoms with Crippen molar-refractivity contribution >= 4 is 23.6 Å². The number of rotatable bonds is 9. The molecule has 11 heteroatoms. The van der Waals surface area contributed by atoms with Gasteiger partial charge in [0.25, 0.3) is 5.91 Å². The smallest absolute Gasteiger partial charge is 0.274 e. The standard InChI is InChI=1S/C28H28F2N4O5/c1-3-15-6-5-7-17(29)25(15)26-18(30)8-9-19(33-26)28(37)34-20-14-32-11-10-16(20)21-12-22(38-4-2)27(36)23(39-21)13-24(31)35/h3,5-11,14,21-23,27,36H,1,4,12-13H2,2H3,(H2,31,35)(H,34,37)/t21-,22-,23-,27+/m1/s1. The number of primary amides is 1. The van der Waals surface area contributed by atoms with Crippen molar-refractivity contribution in [3.63, 3.8) is 0 Å². The zero-order valence-electron chi connectivity index (χ0n) is 21.1. The maximum Gasteiger partial charge on any atom is 0.274 e. The number of benzene rings is 1. The van der Waals surface area contributed by atoms with Crippen molar-refractivity contribution in [2.24, 2.45) is 5.73 Å². The fraction of sp³-hybridized carbons (Fsp3) is 0.286. The SMILES string of the molecule is C=Cc1cccc(F)c1-c1nc(C(=O)Nc2cnccc2[C@H]2C[C@@H](OCC)[C@H](O)[C@@H](CC(N)=O)O2)ccc1F. The summed E-state index contributed by atoms with van der Waals surface area (Å²) in [6.45, 7) is 5.74. The number of ether oxygens (including phenoxy) is 2. The first kappa shape index (κ1) is 28.0. The Morgan fingerprint density at radius 2 is 2.05 bits per heavy atom. The molecule has 1 aliphatic rings. The van der Waals surface area contributed by atoms with Crippen molar-refractivity contribution in [1.82, 2.24) is 9.97 Å². The Labute approximate surface area is 223 Å². The number of nitrogens with one attached hydrogen (secondary N) is 1. The van der Waals surface area contributed by atoms with Gasteiger partial charge in [-0.3, -0.25) is 14.6 Å². The van der Waals surface area contributed by atoms with Crippen molar-refractivity contribution in [1.29, 1.82) is 0 Å². The zero-order chi connectivity index (χ0) is 28.1. The number of anilines is 1. The zero-order valence-corrected chi connectivity index (χ0v) is 21.1. The predicted molar refractivity (Wildman–Crippen MR) is 139 cm³/mol. The largest absolute Gasteiger partial charge is 0.388 e. The highest BCUT2D eigenvalue weighted by molar-refractivity contribution is 6.03. The molecular formula is C28H28F2N4O5. The Hall–Kier alpha value is -4.06. The summed E-state index contributed by atoms with van der Waals surface area (Å²) in [4.78, 5) is 33.0. The van der Waals surface area contributed by atoms with E-state index in [1.807, 2.05) is 0 Å². The topological polar surface area (TPSA) is 137 Å². The van der Waals surface area contributed by atoms with Gasteiger partial charge in [0, 0.05) is 30.4 Å². The third-order valence-corrected chi connectivity index (χ3v) is 6.36. The second kappa shape index (κ2) is 12.2. The summed E-state index contributed by atoms with van der Waals surface area (Å²) in [7, 11) is 0. The average Bonchev–Trinajstić information content (AvgIpc) is 2.91. The van der Waals surface area contributed by atoms with E-state index in [4.69, 9.17) is 15.2 Å². The molecule has 0 spiro atoms. The van der Waals surface area contributed by atoms with Crippen LogP contribution in [0.4, 0.5) is 14.5 Å². The van der Waals surface area contributed by atoms with E-state index < -0.39 is 47.9 Å². The van der Waals surface area contributed by atoms with Crippen LogP contribution in [0.25, 0.3) is 17.3 Å². The normalized spacial score (nSPS) is 20.8. The van der Waals surface area contributed by atoms with Gasteiger partial charge in [-0.1, -0.05) is 24.8 Å². The highest BCUT2D eigenvalue weighted by Gasteiger charge is 2.40. The number of hydrogen-bond acceptors (Lipinski definition) is 7. The first-order valence-electron chi connectivity index (χ1n) is 12.3. The average molecular weight is 539 g/mol. The van der Waals surface area contributed by atoms with Crippen LogP contribution in [0.3, 0.4) is 0 Å². The minimum absolute atomic E-state index is 0.113. The van der Waals surface area contributed by atoms with Crippen LogP contribution in [0.5, 0.6) is 0 Å². The molecule has 0 radical (unpaired) electrons. The Kier molecular flexibility index (Phi) is 8.75. The maximum absolute atomic E-state index is 14.7. The molecule has 39 heavy (non-hydrogen) atoms. The molecule has 9 nitrogen and oxygen atoms in total. The van der Waals surface area contributed by atoms with Gasteiger partial charge in [-0.2, -0.15) is 0 Å². The monoisotopic (exact) mass is 538 g/mol. The molecule has 3 heterocycles. The number of carbonyl (C=O) groups is 2. The number of carbonyl (C=O) groups excluding carboxylic acids is 2. The molecule has 0 bridgehead atoms. The summed E-state index contributed by atoms with van der Waals surface area (Å²) in [5.74, 6) is -2.87. The molecule has 4 N–H and O–H groups in total. The van der Waals surface area contributed by atoms with E-state index in [9.17, 15) is 23.5 Å². The van der Waals surface area contributed by atoms with Gasteiger partial charge in [0.15, 0.2) is 0 Å². The van der Waals surface area contributed by atoms with E-state index in [1.165, 1.54) is 36.7 Å². The van der Waals surface area contributed by atoms with Crippen LogP contribution < -0.4 is 11.1 Å². The first-order valence-corrected chi connectivity index (χ1v) is 12.3. The maximum atomic E-state index is 14.7. The number of amides is 2. The number of aliphatic hydroxyl groups is 1. The summed E-state index contributed by atoms with van der Waals surface area (Å²) >= 11 is 0. The first-order chi connectivity index (χ1) is 18.7. The lowest BCUT2D eigenvalue weighted by molar-refractivity contribution is -0.187. The van der Waals surface area contributed by atoms with Crippen LogP contribution >= 0.6 is 0 Å². The molecule has 4 atom stereocenters. The molecule has 3 aromatic rings. The fourth-order valence-corrected chi connectivity index (χ4v) is 4.57. The van der Waals surface area contributed by atoms with E-state index in [-0.39, 0.29) is 35.5 Å². The number of aromatic nitrogens is 2. The van der Waals surface area contributed by atoms with Crippen LogP contribution in [0, 0.1) is 11.6 Å². The summed E-state index contributed by atoms with van der Waals surface area (Å²) < 4.78 is 41.0. The molecule has 1 aliphatic heterocycles. The quantitative estimate of drug-likeness (QED) is 0.377. The molecule has 1 saturated heterocycles. The number of nitrogens with zero attached hydrogens (tertiary/aromatic N) is 2. The Balaban J connectivity index is 1.64. The highest BCUT2D eigenvalue weighted by atomic mass is 19.1. The van der Waals surface area contributed by atoms with Crippen molar-refractivity contribution in [2.45, 2.75) is 44.2 Å². The van der Waals surface area contributed by atoms with Crippen molar-refractivity contribution < 1.29 is 33.0 Å². The Morgan fingerprint density at radius 1 is 1.26 bits per heavy atom. The van der Waals surface area contributed by atoms with Gasteiger partial charge in [0.05, 0.1) is 36.6 Å². The number of nitrogens with two attached hydrogens (primary N) is 1. The summed E-state index contributed by atoms with van der Waals surface area (Å²) in [6, 6.07) is 8.03. The van der Waals surface area contributed by atoms with Gasteiger partial charge in [0.2, 0.25) is 5.91 Å². The number of aliphatic hydroxyl groups excluding tert-OH is 1. The Bertz CT molecular complexity index is 1390. The van der Waals surface area contributed by atoms with Crippen LogP contribution in [0.2, 0.25) is 0 Å². The van der Waals surface area contributed by atoms with Crippen molar-refractivity contribution in [3.8, 4) is 11.3 Å². The molecule has 0 saturated carbocycles. The minimum atomic E-state index is -1.07. The molecule has 2 amide bonds. The van der Waals surface area contributed by atoms with Gasteiger partial charge in [-0.25, -0.2) is 13.8 Å². The van der Waals surface area contributed by atoms with E-state index in [0.29, 0.717) is 17.7 Å². The third kappa shape index (κ3) is 6.17. The Morgan fingerprint density at radius 3 is 2.77 bits per heavy atom. The van der Waals surface area contributed by atoms with Crippen LogP contribution in [0.15, 0.2) is 55.4 Å². The second-order valence-electron chi connectivity index (χ2n) is 8.91. The predicted octanol–water partition coefficient (Wildman–Crippen LogP) is 3.79. The molecule has 204 valence electrons. The lowest BCUT2D eigenvalue weighted by atomic mass is 9.92. The minimum Gasteiger partial charge on any atom is -0.388 e. The van der Waals surface area contributed by atoms with Gasteiger partial charge in [0.1, 0.15) is 29.1 Å². The number of pyridine rings is 2. The highest BCUT2D eigenvalue weighted by Crippen LogP contribution is 2.37. The lowest BCUT2D eigenvalue weighted by Gasteiger charge is -2.39. The number of halogens is 2. The number of hydrogen-bond donors (Lipinski definition) is 3.